The van der Waals surface area contributed by atoms with Gasteiger partial charge >= 0.3 is 0 Å². The van der Waals surface area contributed by atoms with Gasteiger partial charge in [-0.25, -0.2) is 0 Å². The van der Waals surface area contributed by atoms with Gasteiger partial charge in [-0.2, -0.15) is 0 Å². The van der Waals surface area contributed by atoms with Crippen molar-refractivity contribution in [3.8, 4) is 5.75 Å². The third kappa shape index (κ3) is 4.79. The minimum atomic E-state index is 0. The van der Waals surface area contributed by atoms with Gasteiger partial charge in [0.25, 0.3) is 0 Å². The molecule has 3 nitrogen and oxygen atoms in total. The Labute approximate surface area is 93.4 Å². The van der Waals surface area contributed by atoms with E-state index < -0.39 is 0 Å². The van der Waals surface area contributed by atoms with Gasteiger partial charge in [-0.05, 0) is 45.0 Å². The quantitative estimate of drug-likeness (QED) is 0.701. The molecule has 86 valence electrons. The van der Waals surface area contributed by atoms with Crippen molar-refractivity contribution in [2.75, 3.05) is 20.2 Å². The van der Waals surface area contributed by atoms with Crippen LogP contribution in [0, 0.1) is 0 Å². The molecule has 0 atom stereocenters. The van der Waals surface area contributed by atoms with Gasteiger partial charge in [0.2, 0.25) is 0 Å². The first kappa shape index (κ1) is 12.0. The summed E-state index contributed by atoms with van der Waals surface area (Å²) in [6.07, 6.45) is 5.01. The van der Waals surface area contributed by atoms with Gasteiger partial charge in [0.05, 0.1) is 12.8 Å². The standard InChI is InChI=1S/C12H20N2O.H2/c1-3-11-6-7-12(10-14-11)15-9-5-4-8-13-2;/h6-7,10,13H,3-5,8-9H2,1-2H3;1H. The summed E-state index contributed by atoms with van der Waals surface area (Å²) >= 11 is 0. The van der Waals surface area contributed by atoms with E-state index in [2.05, 4.69) is 17.2 Å². The highest BCUT2D eigenvalue weighted by Gasteiger charge is 1.95. The maximum Gasteiger partial charge on any atom is 0.137 e. The topological polar surface area (TPSA) is 34.1 Å². The second-order valence-electron chi connectivity index (χ2n) is 3.50. The van der Waals surface area contributed by atoms with Crippen LogP contribution in [0.3, 0.4) is 0 Å². The Morgan fingerprint density at radius 2 is 2.27 bits per heavy atom. The van der Waals surface area contributed by atoms with Crippen LogP contribution in [0.1, 0.15) is 26.9 Å². The van der Waals surface area contributed by atoms with Crippen molar-refractivity contribution in [2.24, 2.45) is 0 Å². The summed E-state index contributed by atoms with van der Waals surface area (Å²) in [5, 5.41) is 3.11. The zero-order valence-corrected chi connectivity index (χ0v) is 9.62. The summed E-state index contributed by atoms with van der Waals surface area (Å²) in [6, 6.07) is 4.01. The van der Waals surface area contributed by atoms with Gasteiger partial charge in [0, 0.05) is 7.12 Å². The summed E-state index contributed by atoms with van der Waals surface area (Å²) in [5.41, 5.74) is 1.11. The van der Waals surface area contributed by atoms with E-state index in [-0.39, 0.29) is 1.43 Å². The lowest BCUT2D eigenvalue weighted by molar-refractivity contribution is 0.305. The first-order chi connectivity index (χ1) is 7.36. The molecule has 1 aromatic rings. The summed E-state index contributed by atoms with van der Waals surface area (Å²) in [4.78, 5) is 4.27. The monoisotopic (exact) mass is 210 g/mol. The van der Waals surface area contributed by atoms with Crippen LogP contribution in [0.15, 0.2) is 18.3 Å². The van der Waals surface area contributed by atoms with Crippen LogP contribution in [0.2, 0.25) is 0 Å². The molecule has 0 saturated heterocycles. The molecule has 0 spiro atoms. The zero-order valence-electron chi connectivity index (χ0n) is 9.62. The van der Waals surface area contributed by atoms with E-state index in [1.54, 1.807) is 6.20 Å². The van der Waals surface area contributed by atoms with Gasteiger partial charge in [-0.1, -0.05) is 6.92 Å². The lowest BCUT2D eigenvalue weighted by atomic mass is 10.3. The number of hydrogen-bond donors (Lipinski definition) is 1. The molecule has 1 heterocycles. The van der Waals surface area contributed by atoms with E-state index in [1.165, 1.54) is 0 Å². The molecular weight excluding hydrogens is 188 g/mol. The Balaban J connectivity index is 0.00000225. The Bertz CT molecular complexity index is 264. The molecule has 0 unspecified atom stereocenters. The molecule has 0 bridgehead atoms. The van der Waals surface area contributed by atoms with E-state index in [9.17, 15) is 0 Å². The number of ether oxygens (including phenoxy) is 1. The average molecular weight is 210 g/mol. The zero-order chi connectivity index (χ0) is 10.9. The van der Waals surface area contributed by atoms with Gasteiger partial charge in [-0.3, -0.25) is 4.98 Å². The molecule has 1 aromatic heterocycles. The lowest BCUT2D eigenvalue weighted by Gasteiger charge is -2.05. The number of rotatable bonds is 7. The number of hydrogen-bond acceptors (Lipinski definition) is 3. The fraction of sp³-hybridized carbons (Fsp3) is 0.583. The van der Waals surface area contributed by atoms with Crippen LogP contribution in [0.4, 0.5) is 0 Å². The number of aryl methyl sites for hydroxylation is 1. The highest BCUT2D eigenvalue weighted by atomic mass is 16.5. The predicted octanol–water partition coefficient (Wildman–Crippen LogP) is 2.27. The maximum atomic E-state index is 5.56. The van der Waals surface area contributed by atoms with E-state index >= 15 is 0 Å². The van der Waals surface area contributed by atoms with Gasteiger partial charge in [-0.15, -0.1) is 0 Å². The SMILES string of the molecule is CCc1ccc(OCCCCNC)cn1.[HH]. The van der Waals surface area contributed by atoms with Gasteiger partial charge in [0.1, 0.15) is 5.75 Å². The molecule has 0 saturated carbocycles. The van der Waals surface area contributed by atoms with Crippen molar-refractivity contribution in [1.82, 2.24) is 10.3 Å². The first-order valence-corrected chi connectivity index (χ1v) is 5.59. The molecule has 15 heavy (non-hydrogen) atoms. The van der Waals surface area contributed by atoms with Gasteiger partial charge in [0.15, 0.2) is 0 Å². The van der Waals surface area contributed by atoms with Crippen LogP contribution in [0.25, 0.3) is 0 Å². The van der Waals surface area contributed by atoms with Crippen molar-refractivity contribution < 1.29 is 6.16 Å². The Morgan fingerprint density at radius 1 is 1.40 bits per heavy atom. The van der Waals surface area contributed by atoms with Crippen LogP contribution in [0.5, 0.6) is 5.75 Å². The molecule has 0 fully saturated rings. The molecule has 3 heteroatoms. The minimum Gasteiger partial charge on any atom is -0.492 e. The molecular formula is C12H22N2O. The Morgan fingerprint density at radius 3 is 2.87 bits per heavy atom. The molecule has 0 aliphatic carbocycles. The van der Waals surface area contributed by atoms with E-state index in [0.717, 1.165) is 43.9 Å². The van der Waals surface area contributed by atoms with Crippen LogP contribution in [-0.4, -0.2) is 25.2 Å². The van der Waals surface area contributed by atoms with Crippen LogP contribution >= 0.6 is 0 Å². The van der Waals surface area contributed by atoms with Crippen LogP contribution in [-0.2, 0) is 6.42 Å². The Hall–Kier alpha value is -1.09. The highest BCUT2D eigenvalue weighted by Crippen LogP contribution is 2.09. The maximum absolute atomic E-state index is 5.56. The Kier molecular flexibility index (Phi) is 5.78. The molecule has 0 radical (unpaired) electrons. The van der Waals surface area contributed by atoms with Crippen molar-refractivity contribution in [3.05, 3.63) is 24.0 Å². The van der Waals surface area contributed by atoms with Crippen LogP contribution < -0.4 is 10.1 Å². The fourth-order valence-corrected chi connectivity index (χ4v) is 1.30. The smallest absolute Gasteiger partial charge is 0.137 e. The summed E-state index contributed by atoms with van der Waals surface area (Å²) in [6.45, 7) is 3.92. The van der Waals surface area contributed by atoms with Gasteiger partial charge < -0.3 is 10.1 Å². The molecule has 0 aliphatic heterocycles. The number of unbranched alkanes of at least 4 members (excludes halogenated alkanes) is 1. The lowest BCUT2D eigenvalue weighted by Crippen LogP contribution is -2.09. The van der Waals surface area contributed by atoms with E-state index in [4.69, 9.17) is 4.74 Å². The molecule has 1 rings (SSSR count). The number of pyridine rings is 1. The van der Waals surface area contributed by atoms with Crippen molar-refractivity contribution in [1.29, 1.82) is 0 Å². The second-order valence-corrected chi connectivity index (χ2v) is 3.50. The van der Waals surface area contributed by atoms with Crippen molar-refractivity contribution >= 4 is 0 Å². The molecule has 0 amide bonds. The first-order valence-electron chi connectivity index (χ1n) is 5.59. The second kappa shape index (κ2) is 7.23. The third-order valence-corrected chi connectivity index (χ3v) is 2.25. The summed E-state index contributed by atoms with van der Waals surface area (Å²) in [7, 11) is 1.97. The molecule has 0 aliphatic rings. The molecule has 0 aromatic carbocycles. The normalized spacial score (nSPS) is 10.3. The summed E-state index contributed by atoms with van der Waals surface area (Å²) < 4.78 is 5.56. The predicted molar refractivity (Wildman–Crippen MR) is 64.4 cm³/mol. The summed E-state index contributed by atoms with van der Waals surface area (Å²) in [5.74, 6) is 0.872. The van der Waals surface area contributed by atoms with E-state index in [0.29, 0.717) is 0 Å². The van der Waals surface area contributed by atoms with Crippen molar-refractivity contribution in [3.63, 3.8) is 0 Å². The van der Waals surface area contributed by atoms with Crippen molar-refractivity contribution in [2.45, 2.75) is 26.2 Å². The fourth-order valence-electron chi connectivity index (χ4n) is 1.30. The highest BCUT2D eigenvalue weighted by molar-refractivity contribution is 5.19. The largest absolute Gasteiger partial charge is 0.492 e. The van der Waals surface area contributed by atoms with E-state index in [1.807, 2.05) is 19.2 Å². The molecule has 1 N–H and O–H groups in total. The minimum absolute atomic E-state index is 0. The third-order valence-electron chi connectivity index (χ3n) is 2.25. The number of nitrogens with one attached hydrogen (secondary N) is 1. The number of aromatic nitrogens is 1. The number of nitrogens with zero attached hydrogens (tertiary/aromatic N) is 1. The average Bonchev–Trinajstić information content (AvgIpc) is 2.30.